The molecule has 0 aliphatic heterocycles. The Morgan fingerprint density at radius 3 is 3.00 bits per heavy atom. The van der Waals surface area contributed by atoms with E-state index in [1.165, 1.54) is 10.9 Å². The normalized spacial score (nSPS) is 11.2. The van der Waals surface area contributed by atoms with Crippen molar-refractivity contribution in [1.29, 1.82) is 0 Å². The summed E-state index contributed by atoms with van der Waals surface area (Å²) in [5.74, 6) is 0. The lowest BCUT2D eigenvalue weighted by Crippen LogP contribution is -2.26. The minimum atomic E-state index is 0.178. The van der Waals surface area contributed by atoms with E-state index in [0.717, 1.165) is 18.6 Å². The molecule has 2 rings (SSSR count). The maximum atomic E-state index is 9.03. The number of aliphatic hydroxyl groups is 1. The molecule has 0 unspecified atom stereocenters. The van der Waals surface area contributed by atoms with Crippen LogP contribution in [0.2, 0.25) is 0 Å². The average molecular weight is 230 g/mol. The van der Waals surface area contributed by atoms with Crippen molar-refractivity contribution < 1.29 is 5.11 Å². The van der Waals surface area contributed by atoms with Crippen molar-refractivity contribution in [1.82, 2.24) is 9.88 Å². The van der Waals surface area contributed by atoms with E-state index in [-0.39, 0.29) is 6.61 Å². The molecule has 0 saturated carbocycles. The molecule has 2 aromatic rings. The van der Waals surface area contributed by atoms with Gasteiger partial charge in [0.05, 0.1) is 6.61 Å². The molecular formula is C14H18N2O. The van der Waals surface area contributed by atoms with Crippen molar-refractivity contribution in [2.75, 3.05) is 19.7 Å². The lowest BCUT2D eigenvalue weighted by Gasteiger charge is -2.19. The SMILES string of the molecule is C=CCN(CCO)Cc1cccc2[nH]ccc12. The molecule has 0 radical (unpaired) electrons. The number of aromatic nitrogens is 1. The number of hydrogen-bond donors (Lipinski definition) is 2. The standard InChI is InChI=1S/C14H18N2O/c1-2-8-16(9-10-17)11-12-4-3-5-14-13(12)6-7-15-14/h2-7,15,17H,1,8-11H2. The molecule has 17 heavy (non-hydrogen) atoms. The molecule has 0 bridgehead atoms. The van der Waals surface area contributed by atoms with Crippen LogP contribution in [0.3, 0.4) is 0 Å². The lowest BCUT2D eigenvalue weighted by atomic mass is 10.1. The number of nitrogens with one attached hydrogen (secondary N) is 1. The Bertz CT molecular complexity index is 490. The summed E-state index contributed by atoms with van der Waals surface area (Å²) in [6.45, 7) is 6.23. The minimum Gasteiger partial charge on any atom is -0.395 e. The van der Waals surface area contributed by atoms with E-state index in [0.29, 0.717) is 6.54 Å². The number of fused-ring (bicyclic) bond motifs is 1. The number of nitrogens with zero attached hydrogens (tertiary/aromatic N) is 1. The third-order valence-electron chi connectivity index (χ3n) is 2.88. The molecule has 0 amide bonds. The smallest absolute Gasteiger partial charge is 0.0558 e. The average Bonchev–Trinajstić information content (AvgIpc) is 2.79. The molecule has 2 N–H and O–H groups in total. The highest BCUT2D eigenvalue weighted by Gasteiger charge is 2.06. The van der Waals surface area contributed by atoms with Crippen molar-refractivity contribution in [3.63, 3.8) is 0 Å². The van der Waals surface area contributed by atoms with Crippen molar-refractivity contribution in [3.05, 3.63) is 48.7 Å². The summed E-state index contributed by atoms with van der Waals surface area (Å²) in [6, 6.07) is 8.35. The first kappa shape index (κ1) is 11.9. The quantitative estimate of drug-likeness (QED) is 0.746. The second-order valence-electron chi connectivity index (χ2n) is 4.10. The molecule has 0 fully saturated rings. The van der Waals surface area contributed by atoms with Crippen LogP contribution in [0.25, 0.3) is 10.9 Å². The van der Waals surface area contributed by atoms with Gasteiger partial charge in [-0.15, -0.1) is 6.58 Å². The van der Waals surface area contributed by atoms with Crippen molar-refractivity contribution in [2.24, 2.45) is 0 Å². The Kier molecular flexibility index (Phi) is 3.96. The first-order valence-corrected chi connectivity index (χ1v) is 5.84. The number of benzene rings is 1. The second-order valence-corrected chi connectivity index (χ2v) is 4.10. The fourth-order valence-electron chi connectivity index (χ4n) is 2.09. The molecule has 0 aliphatic rings. The number of aliphatic hydroxyl groups excluding tert-OH is 1. The van der Waals surface area contributed by atoms with E-state index in [4.69, 9.17) is 5.11 Å². The zero-order chi connectivity index (χ0) is 12.1. The fourth-order valence-corrected chi connectivity index (χ4v) is 2.09. The Hall–Kier alpha value is -1.58. The Morgan fingerprint density at radius 1 is 1.35 bits per heavy atom. The lowest BCUT2D eigenvalue weighted by molar-refractivity contribution is 0.204. The van der Waals surface area contributed by atoms with Crippen molar-refractivity contribution in [2.45, 2.75) is 6.54 Å². The highest BCUT2D eigenvalue weighted by atomic mass is 16.3. The third-order valence-corrected chi connectivity index (χ3v) is 2.88. The summed E-state index contributed by atoms with van der Waals surface area (Å²) in [5.41, 5.74) is 2.43. The van der Waals surface area contributed by atoms with Gasteiger partial charge in [-0.3, -0.25) is 4.90 Å². The third kappa shape index (κ3) is 2.75. The highest BCUT2D eigenvalue weighted by molar-refractivity contribution is 5.82. The summed E-state index contributed by atoms with van der Waals surface area (Å²) < 4.78 is 0. The maximum Gasteiger partial charge on any atom is 0.0558 e. The van der Waals surface area contributed by atoms with Gasteiger partial charge in [-0.1, -0.05) is 18.2 Å². The van der Waals surface area contributed by atoms with Gasteiger partial charge in [0, 0.05) is 36.7 Å². The summed E-state index contributed by atoms with van der Waals surface area (Å²) in [4.78, 5) is 5.38. The topological polar surface area (TPSA) is 39.3 Å². The number of rotatable bonds is 6. The molecule has 1 heterocycles. The Labute approximate surface area is 101 Å². The van der Waals surface area contributed by atoms with Gasteiger partial charge in [-0.2, -0.15) is 0 Å². The van der Waals surface area contributed by atoms with E-state index in [1.807, 2.05) is 12.3 Å². The highest BCUT2D eigenvalue weighted by Crippen LogP contribution is 2.18. The molecule has 0 aliphatic carbocycles. The van der Waals surface area contributed by atoms with Crippen molar-refractivity contribution >= 4 is 10.9 Å². The predicted molar refractivity (Wildman–Crippen MR) is 70.9 cm³/mol. The Morgan fingerprint density at radius 2 is 2.24 bits per heavy atom. The minimum absolute atomic E-state index is 0.178. The van der Waals surface area contributed by atoms with Crippen LogP contribution < -0.4 is 0 Å². The van der Waals surface area contributed by atoms with E-state index in [1.54, 1.807) is 0 Å². The van der Waals surface area contributed by atoms with Gasteiger partial charge < -0.3 is 10.1 Å². The van der Waals surface area contributed by atoms with E-state index in [2.05, 4.69) is 40.7 Å². The molecule has 1 aromatic heterocycles. The summed E-state index contributed by atoms with van der Waals surface area (Å²) in [6.07, 6.45) is 3.82. The largest absolute Gasteiger partial charge is 0.395 e. The van der Waals surface area contributed by atoms with Crippen LogP contribution in [0.15, 0.2) is 43.1 Å². The van der Waals surface area contributed by atoms with Crippen LogP contribution in [-0.2, 0) is 6.54 Å². The monoisotopic (exact) mass is 230 g/mol. The Balaban J connectivity index is 2.20. The molecule has 0 atom stereocenters. The van der Waals surface area contributed by atoms with Gasteiger partial charge in [0.1, 0.15) is 0 Å². The van der Waals surface area contributed by atoms with Gasteiger partial charge >= 0.3 is 0 Å². The molecule has 3 nitrogen and oxygen atoms in total. The van der Waals surface area contributed by atoms with E-state index in [9.17, 15) is 0 Å². The number of H-pyrrole nitrogens is 1. The van der Waals surface area contributed by atoms with Gasteiger partial charge in [-0.25, -0.2) is 0 Å². The van der Waals surface area contributed by atoms with Crippen LogP contribution >= 0.6 is 0 Å². The summed E-state index contributed by atoms with van der Waals surface area (Å²) in [5, 5.41) is 10.3. The zero-order valence-electron chi connectivity index (χ0n) is 9.89. The molecule has 3 heteroatoms. The fraction of sp³-hybridized carbons (Fsp3) is 0.286. The molecule has 1 aromatic carbocycles. The number of aromatic amines is 1. The van der Waals surface area contributed by atoms with Crippen LogP contribution in [0.5, 0.6) is 0 Å². The summed E-state index contributed by atoms with van der Waals surface area (Å²) in [7, 11) is 0. The van der Waals surface area contributed by atoms with E-state index < -0.39 is 0 Å². The van der Waals surface area contributed by atoms with Gasteiger partial charge in [0.15, 0.2) is 0 Å². The van der Waals surface area contributed by atoms with Gasteiger partial charge in [0.2, 0.25) is 0 Å². The van der Waals surface area contributed by atoms with Gasteiger partial charge in [0.25, 0.3) is 0 Å². The van der Waals surface area contributed by atoms with E-state index >= 15 is 0 Å². The first-order valence-electron chi connectivity index (χ1n) is 5.84. The van der Waals surface area contributed by atoms with Crippen LogP contribution in [0.4, 0.5) is 0 Å². The predicted octanol–water partition coefficient (Wildman–Crippen LogP) is 2.15. The van der Waals surface area contributed by atoms with Gasteiger partial charge in [-0.05, 0) is 17.7 Å². The molecule has 90 valence electrons. The van der Waals surface area contributed by atoms with Crippen molar-refractivity contribution in [3.8, 4) is 0 Å². The summed E-state index contributed by atoms with van der Waals surface area (Å²) >= 11 is 0. The molecule has 0 saturated heterocycles. The second kappa shape index (κ2) is 5.66. The first-order chi connectivity index (χ1) is 8.35. The van der Waals surface area contributed by atoms with Crippen LogP contribution in [0.1, 0.15) is 5.56 Å². The zero-order valence-corrected chi connectivity index (χ0v) is 9.89. The van der Waals surface area contributed by atoms with Crippen LogP contribution in [0, 0.1) is 0 Å². The molecule has 0 spiro atoms. The maximum absolute atomic E-state index is 9.03. The van der Waals surface area contributed by atoms with Crippen LogP contribution in [-0.4, -0.2) is 34.7 Å². The number of hydrogen-bond acceptors (Lipinski definition) is 2. The molecular weight excluding hydrogens is 212 g/mol.